The van der Waals surface area contributed by atoms with E-state index in [0.717, 1.165) is 19.2 Å². The number of ether oxygens (including phenoxy) is 1. The Morgan fingerprint density at radius 2 is 2.19 bits per heavy atom. The predicted octanol–water partition coefficient (Wildman–Crippen LogP) is 1.45. The summed E-state index contributed by atoms with van der Waals surface area (Å²) in [7, 11) is 1.12. The van der Waals surface area contributed by atoms with Gasteiger partial charge < -0.3 is 15.6 Å². The first-order chi connectivity index (χ1) is 7.47. The van der Waals surface area contributed by atoms with Crippen molar-refractivity contribution in [2.24, 2.45) is 5.73 Å². The lowest BCUT2D eigenvalue weighted by molar-refractivity contribution is -0.137. The molecule has 1 unspecified atom stereocenters. The Morgan fingerprint density at radius 1 is 1.56 bits per heavy atom. The van der Waals surface area contributed by atoms with Crippen LogP contribution >= 0.6 is 0 Å². The quantitative estimate of drug-likeness (QED) is 0.822. The number of nitrogens with two attached hydrogens (primary N) is 1. The SMILES string of the molecule is COc1c(F)ccc(C(N)CC(=O)O)c1F. The monoisotopic (exact) mass is 231 g/mol. The molecule has 16 heavy (non-hydrogen) atoms. The number of rotatable bonds is 4. The molecule has 1 aromatic carbocycles. The molecule has 6 heteroatoms. The number of benzene rings is 1. The first-order valence-corrected chi connectivity index (χ1v) is 4.46. The van der Waals surface area contributed by atoms with Gasteiger partial charge in [-0.2, -0.15) is 0 Å². The van der Waals surface area contributed by atoms with Gasteiger partial charge in [-0.25, -0.2) is 8.78 Å². The minimum absolute atomic E-state index is 0.0827. The standard InChI is InChI=1S/C10H11F2NO3/c1-16-10-6(11)3-2-5(9(10)12)7(13)4-8(14)15/h2-3,7H,4,13H2,1H3,(H,14,15). The van der Waals surface area contributed by atoms with Gasteiger partial charge in [0.25, 0.3) is 0 Å². The van der Waals surface area contributed by atoms with E-state index in [0.29, 0.717) is 0 Å². The zero-order valence-electron chi connectivity index (χ0n) is 8.54. The van der Waals surface area contributed by atoms with Crippen LogP contribution in [0, 0.1) is 11.6 Å². The summed E-state index contributed by atoms with van der Waals surface area (Å²) in [4.78, 5) is 10.4. The summed E-state index contributed by atoms with van der Waals surface area (Å²) >= 11 is 0. The Kier molecular flexibility index (Phi) is 3.78. The smallest absolute Gasteiger partial charge is 0.305 e. The summed E-state index contributed by atoms with van der Waals surface area (Å²) in [6.07, 6.45) is -0.439. The molecule has 3 N–H and O–H groups in total. The average molecular weight is 231 g/mol. The molecule has 88 valence electrons. The minimum atomic E-state index is -1.16. The van der Waals surface area contributed by atoms with Gasteiger partial charge in [0.15, 0.2) is 17.4 Å². The van der Waals surface area contributed by atoms with Crippen molar-refractivity contribution in [2.45, 2.75) is 12.5 Å². The molecule has 0 radical (unpaired) electrons. The fraction of sp³-hybridized carbons (Fsp3) is 0.300. The van der Waals surface area contributed by atoms with Crippen LogP contribution in [0.4, 0.5) is 8.78 Å². The summed E-state index contributed by atoms with van der Waals surface area (Å²) in [6, 6.07) is 1.06. The van der Waals surface area contributed by atoms with E-state index in [1.54, 1.807) is 0 Å². The second kappa shape index (κ2) is 4.89. The molecule has 1 atom stereocenters. The lowest BCUT2D eigenvalue weighted by Gasteiger charge is -2.13. The molecule has 1 aromatic rings. The van der Waals surface area contributed by atoms with Crippen molar-refractivity contribution >= 4 is 5.97 Å². The second-order valence-electron chi connectivity index (χ2n) is 3.19. The van der Waals surface area contributed by atoms with E-state index in [-0.39, 0.29) is 5.56 Å². The largest absolute Gasteiger partial charge is 0.491 e. The summed E-state index contributed by atoms with van der Waals surface area (Å²) in [5.74, 6) is -3.53. The summed E-state index contributed by atoms with van der Waals surface area (Å²) < 4.78 is 31.1. The van der Waals surface area contributed by atoms with E-state index >= 15 is 0 Å². The van der Waals surface area contributed by atoms with Gasteiger partial charge in [0, 0.05) is 11.6 Å². The van der Waals surface area contributed by atoms with Crippen molar-refractivity contribution in [3.63, 3.8) is 0 Å². The lowest BCUT2D eigenvalue weighted by atomic mass is 10.0. The van der Waals surface area contributed by atoms with Crippen LogP contribution < -0.4 is 10.5 Å². The van der Waals surface area contributed by atoms with Gasteiger partial charge in [-0.05, 0) is 6.07 Å². The van der Waals surface area contributed by atoms with Crippen LogP contribution in [0.3, 0.4) is 0 Å². The molecular weight excluding hydrogens is 220 g/mol. The van der Waals surface area contributed by atoms with E-state index in [2.05, 4.69) is 4.74 Å². The number of hydrogen-bond acceptors (Lipinski definition) is 3. The Morgan fingerprint density at radius 3 is 2.69 bits per heavy atom. The van der Waals surface area contributed by atoms with Gasteiger partial charge in [0.1, 0.15) is 0 Å². The molecule has 0 aliphatic carbocycles. The predicted molar refractivity (Wildman–Crippen MR) is 52.1 cm³/mol. The number of carboxylic acid groups (broad SMARTS) is 1. The zero-order valence-corrected chi connectivity index (χ0v) is 8.54. The number of halogens is 2. The maximum Gasteiger partial charge on any atom is 0.305 e. The molecule has 0 saturated carbocycles. The summed E-state index contributed by atoms with van der Waals surface area (Å²) in [5.41, 5.74) is 5.39. The van der Waals surface area contributed by atoms with Crippen molar-refractivity contribution in [3.8, 4) is 5.75 Å². The fourth-order valence-corrected chi connectivity index (χ4v) is 1.32. The van der Waals surface area contributed by atoms with Gasteiger partial charge in [-0.1, -0.05) is 6.07 Å². The Balaban J connectivity index is 3.10. The van der Waals surface area contributed by atoms with Crippen molar-refractivity contribution < 1.29 is 23.4 Å². The number of hydrogen-bond donors (Lipinski definition) is 2. The minimum Gasteiger partial charge on any atom is -0.491 e. The van der Waals surface area contributed by atoms with Crippen LogP contribution in [-0.2, 0) is 4.79 Å². The second-order valence-corrected chi connectivity index (χ2v) is 3.19. The topological polar surface area (TPSA) is 72.5 Å². The van der Waals surface area contributed by atoms with E-state index in [9.17, 15) is 13.6 Å². The third-order valence-electron chi connectivity index (χ3n) is 2.08. The van der Waals surface area contributed by atoms with E-state index in [1.165, 1.54) is 0 Å². The van der Waals surface area contributed by atoms with Crippen LogP contribution in [0.5, 0.6) is 5.75 Å². The lowest BCUT2D eigenvalue weighted by Crippen LogP contribution is -2.17. The third-order valence-corrected chi connectivity index (χ3v) is 2.08. The van der Waals surface area contributed by atoms with Crippen LogP contribution in [0.1, 0.15) is 18.0 Å². The Hall–Kier alpha value is -1.69. The molecule has 4 nitrogen and oxygen atoms in total. The fourth-order valence-electron chi connectivity index (χ4n) is 1.32. The van der Waals surface area contributed by atoms with E-state index < -0.39 is 35.8 Å². The molecule has 0 bridgehead atoms. The summed E-state index contributed by atoms with van der Waals surface area (Å²) in [5, 5.41) is 8.51. The van der Waals surface area contributed by atoms with Crippen molar-refractivity contribution in [3.05, 3.63) is 29.3 Å². The molecule has 0 aromatic heterocycles. The van der Waals surface area contributed by atoms with Gasteiger partial charge >= 0.3 is 5.97 Å². The van der Waals surface area contributed by atoms with Gasteiger partial charge in [-0.3, -0.25) is 4.79 Å². The normalized spacial score (nSPS) is 12.2. The maximum absolute atomic E-state index is 13.6. The average Bonchev–Trinajstić information content (AvgIpc) is 2.17. The third kappa shape index (κ3) is 2.46. The van der Waals surface area contributed by atoms with E-state index in [1.807, 2.05) is 0 Å². The highest BCUT2D eigenvalue weighted by atomic mass is 19.1. The molecule has 0 aliphatic heterocycles. The van der Waals surface area contributed by atoms with Crippen molar-refractivity contribution in [1.82, 2.24) is 0 Å². The molecule has 0 fully saturated rings. The summed E-state index contributed by atoms with van der Waals surface area (Å²) in [6.45, 7) is 0. The van der Waals surface area contributed by atoms with Gasteiger partial charge in [0.05, 0.1) is 13.5 Å². The molecule has 0 heterocycles. The molecule has 0 amide bonds. The van der Waals surface area contributed by atoms with E-state index in [4.69, 9.17) is 10.8 Å². The Bertz CT molecular complexity index is 409. The maximum atomic E-state index is 13.6. The first-order valence-electron chi connectivity index (χ1n) is 4.46. The number of methoxy groups -OCH3 is 1. The highest BCUT2D eigenvalue weighted by Gasteiger charge is 2.20. The molecule has 0 aliphatic rings. The van der Waals surface area contributed by atoms with Crippen LogP contribution in [-0.4, -0.2) is 18.2 Å². The molecule has 1 rings (SSSR count). The number of carboxylic acids is 1. The number of carbonyl (C=O) groups is 1. The van der Waals surface area contributed by atoms with Gasteiger partial charge in [-0.15, -0.1) is 0 Å². The van der Waals surface area contributed by atoms with Crippen molar-refractivity contribution in [1.29, 1.82) is 0 Å². The van der Waals surface area contributed by atoms with Crippen LogP contribution in [0.25, 0.3) is 0 Å². The number of aliphatic carboxylic acids is 1. The van der Waals surface area contributed by atoms with Crippen LogP contribution in [0.15, 0.2) is 12.1 Å². The Labute approximate surface area is 90.6 Å². The van der Waals surface area contributed by atoms with Crippen molar-refractivity contribution in [2.75, 3.05) is 7.11 Å². The highest BCUT2D eigenvalue weighted by molar-refractivity contribution is 5.68. The highest BCUT2D eigenvalue weighted by Crippen LogP contribution is 2.28. The molecular formula is C10H11F2NO3. The molecule has 0 spiro atoms. The molecule has 0 saturated heterocycles. The van der Waals surface area contributed by atoms with Crippen LogP contribution in [0.2, 0.25) is 0 Å². The first kappa shape index (κ1) is 12.4. The zero-order chi connectivity index (χ0) is 12.3. The van der Waals surface area contributed by atoms with Gasteiger partial charge in [0.2, 0.25) is 0 Å².